The minimum atomic E-state index is -3.38. The standard InChI is InChI=1S/C13H19NO3S.2ClH.Ru/c1-10(2)17(5)13-7-6-12(8-11(13)3)18(15,16)9-14-4;;;/h3,6-8,10,14H,5,9H2,1-2,4H3;2*1H;/q;;;+2/p-2. The molecule has 0 aliphatic rings. The molecule has 0 aliphatic heterocycles. The monoisotopic (exact) mass is 441 g/mol. The summed E-state index contributed by atoms with van der Waals surface area (Å²) in [4.78, 5) is 0.230. The number of benzene rings is 1. The van der Waals surface area contributed by atoms with E-state index in [9.17, 15) is 8.42 Å². The van der Waals surface area contributed by atoms with Crippen LogP contribution in [0.2, 0.25) is 0 Å². The van der Waals surface area contributed by atoms with Crippen LogP contribution in [-0.2, 0) is 27.7 Å². The fourth-order valence-corrected chi connectivity index (χ4v) is 4.56. The first-order chi connectivity index (χ1) is 9.69. The molecule has 0 spiro atoms. The van der Waals surface area contributed by atoms with Crippen molar-refractivity contribution < 1.29 is 26.3 Å². The second-order valence-corrected chi connectivity index (χ2v) is 12.3. The van der Waals surface area contributed by atoms with Gasteiger partial charge < -0.3 is 0 Å². The third-order valence-corrected chi connectivity index (χ3v) is 6.19. The summed E-state index contributed by atoms with van der Waals surface area (Å²) in [5.74, 6) is 0.605. The molecule has 0 heterocycles. The van der Waals surface area contributed by atoms with Crippen LogP contribution >= 0.6 is 19.4 Å². The van der Waals surface area contributed by atoms with Gasteiger partial charge in [0, 0.05) is 0 Å². The first kappa shape index (κ1) is 19.1. The Balaban J connectivity index is 3.42. The van der Waals surface area contributed by atoms with E-state index in [1.54, 1.807) is 29.9 Å². The normalized spacial score (nSPS) is 12.4. The van der Waals surface area contributed by atoms with Crippen molar-refractivity contribution in [3.05, 3.63) is 30.9 Å². The summed E-state index contributed by atoms with van der Waals surface area (Å²) >= 11 is -2.09. The zero-order chi connectivity index (χ0) is 16.2. The molecule has 8 heteroatoms. The zero-order valence-corrected chi connectivity index (χ0v) is 16.1. The molecule has 1 aromatic rings. The molecule has 0 amide bonds. The van der Waals surface area contributed by atoms with Gasteiger partial charge in [-0.2, -0.15) is 0 Å². The van der Waals surface area contributed by atoms with E-state index in [0.29, 0.717) is 5.56 Å². The summed E-state index contributed by atoms with van der Waals surface area (Å²) in [6, 6.07) is 4.85. The molecule has 0 saturated heterocycles. The van der Waals surface area contributed by atoms with Crippen molar-refractivity contribution in [1.82, 2.24) is 5.32 Å². The molecule has 1 rings (SSSR count). The predicted octanol–water partition coefficient (Wildman–Crippen LogP) is 3.18. The molecule has 4 nitrogen and oxygen atoms in total. The maximum absolute atomic E-state index is 12.1. The third-order valence-electron chi connectivity index (χ3n) is 2.71. The maximum atomic E-state index is 12.1. The molecule has 1 N–H and O–H groups in total. The second-order valence-electron chi connectivity index (χ2n) is 4.60. The molecule has 0 saturated carbocycles. The molecular weight excluding hydrogens is 422 g/mol. The van der Waals surface area contributed by atoms with Gasteiger partial charge in [-0.05, 0) is 0 Å². The summed E-state index contributed by atoms with van der Waals surface area (Å²) in [5, 5.41) is 2.65. The number of nitrogens with one attached hydrogen (secondary N) is 1. The summed E-state index contributed by atoms with van der Waals surface area (Å²) < 4.78 is 28.6. The van der Waals surface area contributed by atoms with E-state index in [1.807, 2.05) is 13.8 Å². The van der Waals surface area contributed by atoms with Crippen molar-refractivity contribution in [3.8, 4) is 5.75 Å². The van der Waals surface area contributed by atoms with Crippen molar-refractivity contribution in [1.29, 1.82) is 0 Å². The Hall–Kier alpha value is 0.00338. The van der Waals surface area contributed by atoms with Crippen LogP contribution < -0.4 is 5.32 Å². The first-order valence-corrected chi connectivity index (χ1v) is 13.2. The van der Waals surface area contributed by atoms with E-state index in [0.717, 1.165) is 5.75 Å². The molecular formula is C13H19Cl2NO3RuS. The van der Waals surface area contributed by atoms with E-state index < -0.39 is 23.4 Å². The molecule has 0 unspecified atom stereocenters. The second kappa shape index (κ2) is 8.02. The van der Waals surface area contributed by atoms with Crippen LogP contribution in [0.15, 0.2) is 23.1 Å². The van der Waals surface area contributed by atoms with Crippen LogP contribution in [0.4, 0.5) is 0 Å². The molecule has 0 fully saturated rings. The van der Waals surface area contributed by atoms with Gasteiger partial charge in [-0.1, -0.05) is 0 Å². The first-order valence-electron chi connectivity index (χ1n) is 6.06. The van der Waals surface area contributed by atoms with Crippen LogP contribution in [0, 0.1) is 7.11 Å². The van der Waals surface area contributed by atoms with Crippen LogP contribution in [0.3, 0.4) is 0 Å². The summed E-state index contributed by atoms with van der Waals surface area (Å²) in [6.07, 6.45) is 0.0863. The van der Waals surface area contributed by atoms with E-state index in [4.69, 9.17) is 19.4 Å². The van der Waals surface area contributed by atoms with E-state index in [2.05, 4.69) is 16.8 Å². The molecule has 0 atom stereocenters. The molecule has 0 aromatic heterocycles. The molecule has 0 radical (unpaired) electrons. The average Bonchev–Trinajstić information content (AvgIpc) is 2.37. The van der Waals surface area contributed by atoms with E-state index in [-0.39, 0.29) is 16.9 Å². The summed E-state index contributed by atoms with van der Waals surface area (Å²) in [6.45, 7) is 3.92. The van der Waals surface area contributed by atoms with Crippen molar-refractivity contribution in [3.63, 3.8) is 0 Å². The Morgan fingerprint density at radius 2 is 2.05 bits per heavy atom. The molecule has 0 bridgehead atoms. The Morgan fingerprint density at radius 3 is 2.52 bits per heavy atom. The SMILES string of the molecule is [CH2-][O+](c1ccc(S(=O)(=O)CNC)cc1[CH]=[Ru]([Cl])[Cl])C(C)C. The number of sulfone groups is 1. The van der Waals surface area contributed by atoms with Crippen molar-refractivity contribution >= 4 is 33.8 Å². The summed E-state index contributed by atoms with van der Waals surface area (Å²) in [5.41, 5.74) is 0.671. The van der Waals surface area contributed by atoms with Gasteiger partial charge in [0.15, 0.2) is 0 Å². The Labute approximate surface area is 139 Å². The van der Waals surface area contributed by atoms with Crippen LogP contribution in [0.25, 0.3) is 0 Å². The van der Waals surface area contributed by atoms with Crippen LogP contribution in [0.1, 0.15) is 19.4 Å². The Kier molecular flexibility index (Phi) is 7.28. The fraction of sp³-hybridized carbons (Fsp3) is 0.385. The average molecular weight is 441 g/mol. The fourth-order valence-electron chi connectivity index (χ4n) is 1.65. The van der Waals surface area contributed by atoms with Gasteiger partial charge in [-0.15, -0.1) is 0 Å². The molecule has 0 aliphatic carbocycles. The topological polar surface area (TPSA) is 48.9 Å². The quantitative estimate of drug-likeness (QED) is 0.419. The van der Waals surface area contributed by atoms with Crippen LogP contribution in [0.5, 0.6) is 5.75 Å². The molecule has 21 heavy (non-hydrogen) atoms. The Morgan fingerprint density at radius 1 is 1.43 bits per heavy atom. The number of hydrogen-bond acceptors (Lipinski definition) is 3. The zero-order valence-electron chi connectivity index (χ0n) is 12.0. The van der Waals surface area contributed by atoms with Crippen LogP contribution in [-0.4, -0.2) is 32.1 Å². The minimum absolute atomic E-state index is 0.0863. The third kappa shape index (κ3) is 5.29. The number of rotatable bonds is 6. The van der Waals surface area contributed by atoms with Gasteiger partial charge in [0.25, 0.3) is 0 Å². The Bertz CT molecular complexity index is 628. The van der Waals surface area contributed by atoms with Crippen molar-refractivity contribution in [2.45, 2.75) is 24.8 Å². The van der Waals surface area contributed by atoms with Crippen molar-refractivity contribution in [2.75, 3.05) is 12.9 Å². The van der Waals surface area contributed by atoms with Gasteiger partial charge in [0.2, 0.25) is 0 Å². The van der Waals surface area contributed by atoms with Gasteiger partial charge in [-0.25, -0.2) is 0 Å². The van der Waals surface area contributed by atoms with Gasteiger partial charge in [-0.3, -0.25) is 0 Å². The number of halogens is 2. The van der Waals surface area contributed by atoms with E-state index in [1.165, 1.54) is 0 Å². The van der Waals surface area contributed by atoms with Gasteiger partial charge in [0.05, 0.1) is 0 Å². The van der Waals surface area contributed by atoms with E-state index >= 15 is 0 Å². The molecule has 1 aromatic carbocycles. The van der Waals surface area contributed by atoms with Gasteiger partial charge >= 0.3 is 140 Å². The summed E-state index contributed by atoms with van der Waals surface area (Å²) in [7, 11) is 14.0. The number of hydrogen-bond donors (Lipinski definition) is 1. The van der Waals surface area contributed by atoms with Crippen molar-refractivity contribution in [2.24, 2.45) is 0 Å². The van der Waals surface area contributed by atoms with Gasteiger partial charge in [0.1, 0.15) is 0 Å². The predicted molar refractivity (Wildman–Crippen MR) is 85.5 cm³/mol. The molecule has 122 valence electrons.